The Bertz CT molecular complexity index is 485. The van der Waals surface area contributed by atoms with E-state index in [9.17, 15) is 9.59 Å². The molecule has 3 atom stereocenters. The zero-order valence-corrected chi connectivity index (χ0v) is 17.7. The van der Waals surface area contributed by atoms with Crippen molar-refractivity contribution in [1.82, 2.24) is 5.32 Å². The first-order valence-electron chi connectivity index (χ1n) is 11.0. The van der Waals surface area contributed by atoms with Gasteiger partial charge in [-0.25, -0.2) is 9.59 Å². The van der Waals surface area contributed by atoms with Crippen LogP contribution in [0.15, 0.2) is 0 Å². The Morgan fingerprint density at radius 2 is 1.85 bits per heavy atom. The number of ether oxygens (including phenoxy) is 2. The van der Waals surface area contributed by atoms with Gasteiger partial charge in [0.2, 0.25) is 0 Å². The second kappa shape index (κ2) is 10.3. The van der Waals surface area contributed by atoms with Crippen LogP contribution in [0.4, 0.5) is 4.79 Å². The molecule has 5 heteroatoms. The highest BCUT2D eigenvalue weighted by Gasteiger charge is 2.45. The molecule has 0 heterocycles. The Labute approximate surface area is 164 Å². The van der Waals surface area contributed by atoms with Gasteiger partial charge in [-0.3, -0.25) is 0 Å². The Balaban J connectivity index is 1.94. The zero-order chi connectivity index (χ0) is 19.9. The smallest absolute Gasteiger partial charge is 0.408 e. The number of alkyl carbamates (subject to hydrolysis) is 1. The quantitative estimate of drug-likeness (QED) is 0.462. The lowest BCUT2D eigenvalue weighted by Crippen LogP contribution is -2.54. The Morgan fingerprint density at radius 3 is 2.48 bits per heavy atom. The summed E-state index contributed by atoms with van der Waals surface area (Å²) >= 11 is 0. The lowest BCUT2D eigenvalue weighted by Gasteiger charge is -2.37. The molecule has 2 rings (SSSR count). The highest BCUT2D eigenvalue weighted by Crippen LogP contribution is 2.36. The lowest BCUT2D eigenvalue weighted by molar-refractivity contribution is -0.151. The Hall–Kier alpha value is -1.26. The molecule has 0 aliphatic heterocycles. The van der Waals surface area contributed by atoms with E-state index in [1.807, 2.05) is 0 Å². The van der Waals surface area contributed by atoms with Crippen molar-refractivity contribution in [3.8, 4) is 0 Å². The van der Waals surface area contributed by atoms with Crippen molar-refractivity contribution in [1.29, 1.82) is 0 Å². The van der Waals surface area contributed by atoms with Crippen LogP contribution in [0.3, 0.4) is 0 Å². The summed E-state index contributed by atoms with van der Waals surface area (Å²) in [6.07, 6.45) is 8.84. The summed E-state index contributed by atoms with van der Waals surface area (Å²) in [5.41, 5.74) is -0.892. The van der Waals surface area contributed by atoms with E-state index < -0.39 is 11.6 Å². The average Bonchev–Trinajstić information content (AvgIpc) is 3.08. The van der Waals surface area contributed by atoms with Gasteiger partial charge in [-0.2, -0.15) is 0 Å². The first kappa shape index (κ1) is 22.0. The summed E-state index contributed by atoms with van der Waals surface area (Å²) in [4.78, 5) is 25.4. The van der Waals surface area contributed by atoms with Crippen LogP contribution in [0, 0.1) is 17.8 Å². The number of amides is 1. The number of rotatable bonds is 8. The van der Waals surface area contributed by atoms with Gasteiger partial charge < -0.3 is 14.8 Å². The number of carbonyl (C=O) groups excluding carboxylic acids is 2. The number of hydrogen-bond donors (Lipinski definition) is 1. The van der Waals surface area contributed by atoms with Crippen LogP contribution in [-0.2, 0) is 14.3 Å². The van der Waals surface area contributed by atoms with E-state index in [0.29, 0.717) is 37.2 Å². The van der Waals surface area contributed by atoms with Gasteiger partial charge in [0.25, 0.3) is 0 Å². The van der Waals surface area contributed by atoms with Crippen LogP contribution < -0.4 is 5.32 Å². The van der Waals surface area contributed by atoms with Crippen LogP contribution in [0.25, 0.3) is 0 Å². The van der Waals surface area contributed by atoms with Crippen LogP contribution >= 0.6 is 0 Å². The molecular weight excluding hydrogens is 342 g/mol. The van der Waals surface area contributed by atoms with Gasteiger partial charge in [0.1, 0.15) is 11.6 Å². The normalized spacial score (nSPS) is 27.4. The molecule has 0 spiro atoms. The molecule has 0 radical (unpaired) electrons. The summed E-state index contributed by atoms with van der Waals surface area (Å²) in [6, 6.07) is 0. The minimum absolute atomic E-state index is 0.0622. The third-order valence-corrected chi connectivity index (χ3v) is 6.39. The predicted molar refractivity (Wildman–Crippen MR) is 106 cm³/mol. The molecule has 3 unspecified atom stereocenters. The van der Waals surface area contributed by atoms with Crippen LogP contribution in [0.1, 0.15) is 91.9 Å². The first-order valence-corrected chi connectivity index (χ1v) is 11.0. The van der Waals surface area contributed by atoms with Gasteiger partial charge in [0.05, 0.1) is 6.61 Å². The first-order chi connectivity index (χ1) is 12.9. The average molecular weight is 382 g/mol. The summed E-state index contributed by atoms with van der Waals surface area (Å²) < 4.78 is 11.3. The fourth-order valence-corrected chi connectivity index (χ4v) is 4.63. The molecule has 0 aromatic heterocycles. The highest BCUT2D eigenvalue weighted by molar-refractivity contribution is 5.86. The second-order valence-electron chi connectivity index (χ2n) is 9.03. The van der Waals surface area contributed by atoms with Gasteiger partial charge >= 0.3 is 12.1 Å². The van der Waals surface area contributed by atoms with Crippen molar-refractivity contribution in [2.24, 2.45) is 17.8 Å². The molecule has 2 aliphatic carbocycles. The zero-order valence-electron chi connectivity index (χ0n) is 17.7. The van der Waals surface area contributed by atoms with Crippen LogP contribution in [0.2, 0.25) is 0 Å². The summed E-state index contributed by atoms with van der Waals surface area (Å²) in [5.74, 6) is 1.17. The van der Waals surface area contributed by atoms with E-state index in [0.717, 1.165) is 44.9 Å². The van der Waals surface area contributed by atoms with E-state index in [2.05, 4.69) is 33.0 Å². The SMILES string of the molecule is CCCCCOC(=O)C1(NC(=O)OC2CC(C)CCC2C(C)C)CCCC1. The maximum atomic E-state index is 12.7. The molecule has 5 nitrogen and oxygen atoms in total. The van der Waals surface area contributed by atoms with E-state index >= 15 is 0 Å². The van der Waals surface area contributed by atoms with Crippen molar-refractivity contribution in [2.45, 2.75) is 104 Å². The van der Waals surface area contributed by atoms with Crippen LogP contribution in [0.5, 0.6) is 0 Å². The standard InChI is InChI=1S/C22H39NO4/c1-5-6-9-14-26-20(24)22(12-7-8-13-22)23-21(25)27-19-15-17(4)10-11-18(19)16(2)3/h16-19H,5-15H2,1-4H3,(H,23,25). The summed E-state index contributed by atoms with van der Waals surface area (Å²) in [6.45, 7) is 9.16. The number of unbranched alkanes of at least 4 members (excludes halogenated alkanes) is 2. The second-order valence-corrected chi connectivity index (χ2v) is 9.03. The number of carbonyl (C=O) groups is 2. The fraction of sp³-hybridized carbons (Fsp3) is 0.909. The number of nitrogens with one attached hydrogen (secondary N) is 1. The van der Waals surface area contributed by atoms with Crippen LogP contribution in [-0.4, -0.2) is 30.3 Å². The van der Waals surface area contributed by atoms with Crippen molar-refractivity contribution < 1.29 is 19.1 Å². The summed E-state index contributed by atoms with van der Waals surface area (Å²) in [5, 5.41) is 2.92. The molecular formula is C22H39NO4. The largest absolute Gasteiger partial charge is 0.464 e. The van der Waals surface area contributed by atoms with Gasteiger partial charge in [0.15, 0.2) is 0 Å². The van der Waals surface area contributed by atoms with Gasteiger partial charge in [-0.05, 0) is 49.9 Å². The summed E-state index contributed by atoms with van der Waals surface area (Å²) in [7, 11) is 0. The molecule has 2 saturated carbocycles. The number of esters is 1. The van der Waals surface area contributed by atoms with E-state index in [1.165, 1.54) is 6.42 Å². The minimum atomic E-state index is -0.892. The minimum Gasteiger partial charge on any atom is -0.464 e. The van der Waals surface area contributed by atoms with Crippen molar-refractivity contribution in [3.05, 3.63) is 0 Å². The molecule has 1 amide bonds. The fourth-order valence-electron chi connectivity index (χ4n) is 4.63. The maximum absolute atomic E-state index is 12.7. The molecule has 156 valence electrons. The maximum Gasteiger partial charge on any atom is 0.408 e. The van der Waals surface area contributed by atoms with Crippen molar-refractivity contribution in [2.75, 3.05) is 6.61 Å². The van der Waals surface area contributed by atoms with E-state index in [4.69, 9.17) is 9.47 Å². The topological polar surface area (TPSA) is 64.6 Å². The predicted octanol–water partition coefficient (Wildman–Crippen LogP) is 5.22. The third-order valence-electron chi connectivity index (χ3n) is 6.39. The molecule has 1 N–H and O–H groups in total. The lowest BCUT2D eigenvalue weighted by atomic mass is 9.75. The Morgan fingerprint density at radius 1 is 1.15 bits per heavy atom. The van der Waals surface area contributed by atoms with Gasteiger partial charge in [-0.15, -0.1) is 0 Å². The van der Waals surface area contributed by atoms with Crippen molar-refractivity contribution in [3.63, 3.8) is 0 Å². The molecule has 2 aliphatic rings. The van der Waals surface area contributed by atoms with E-state index in [1.54, 1.807) is 0 Å². The molecule has 27 heavy (non-hydrogen) atoms. The molecule has 0 saturated heterocycles. The molecule has 0 bridgehead atoms. The van der Waals surface area contributed by atoms with Crippen molar-refractivity contribution >= 4 is 12.1 Å². The molecule has 0 aromatic rings. The van der Waals surface area contributed by atoms with Gasteiger partial charge in [0, 0.05) is 0 Å². The number of hydrogen-bond acceptors (Lipinski definition) is 4. The monoisotopic (exact) mass is 381 g/mol. The Kier molecular flexibility index (Phi) is 8.43. The third kappa shape index (κ3) is 6.11. The highest BCUT2D eigenvalue weighted by atomic mass is 16.6. The molecule has 2 fully saturated rings. The molecule has 0 aromatic carbocycles. The van der Waals surface area contributed by atoms with Gasteiger partial charge in [-0.1, -0.05) is 59.8 Å². The van der Waals surface area contributed by atoms with E-state index in [-0.39, 0.29) is 12.1 Å².